The molecule has 2 aromatic carbocycles. The van der Waals surface area contributed by atoms with Crippen molar-refractivity contribution in [1.82, 2.24) is 5.43 Å². The fourth-order valence-electron chi connectivity index (χ4n) is 2.05. The number of carbonyl (C=O) groups excluding carboxylic acids is 1. The van der Waals surface area contributed by atoms with Crippen molar-refractivity contribution in [2.45, 2.75) is 13.3 Å². The van der Waals surface area contributed by atoms with Crippen LogP contribution < -0.4 is 14.9 Å². The zero-order valence-corrected chi connectivity index (χ0v) is 14.3. The Morgan fingerprint density at radius 1 is 1.21 bits per heavy atom. The first-order valence-corrected chi connectivity index (χ1v) is 7.87. The summed E-state index contributed by atoms with van der Waals surface area (Å²) < 4.78 is 10.7. The van der Waals surface area contributed by atoms with Crippen LogP contribution in [0.25, 0.3) is 0 Å². The first kappa shape index (κ1) is 17.8. The van der Waals surface area contributed by atoms with E-state index in [1.807, 2.05) is 25.1 Å². The third-order valence-electron chi connectivity index (χ3n) is 3.17. The highest BCUT2D eigenvalue weighted by molar-refractivity contribution is 6.30. The molecule has 0 atom stereocenters. The first-order valence-electron chi connectivity index (χ1n) is 7.49. The number of nitrogens with zero attached hydrogens (tertiary/aromatic N) is 1. The van der Waals surface area contributed by atoms with Crippen LogP contribution in [0.4, 0.5) is 0 Å². The second kappa shape index (κ2) is 8.93. The van der Waals surface area contributed by atoms with E-state index in [-0.39, 0.29) is 12.3 Å². The fourth-order valence-corrected chi connectivity index (χ4v) is 2.17. The van der Waals surface area contributed by atoms with Gasteiger partial charge < -0.3 is 9.47 Å². The van der Waals surface area contributed by atoms with E-state index in [4.69, 9.17) is 21.1 Å². The van der Waals surface area contributed by atoms with Crippen molar-refractivity contribution < 1.29 is 14.3 Å². The van der Waals surface area contributed by atoms with Gasteiger partial charge in [-0.2, -0.15) is 5.10 Å². The molecule has 0 heterocycles. The van der Waals surface area contributed by atoms with Crippen LogP contribution in [0.15, 0.2) is 47.6 Å². The molecule has 126 valence electrons. The Bertz CT molecular complexity index is 715. The van der Waals surface area contributed by atoms with Gasteiger partial charge in [0.25, 0.3) is 0 Å². The van der Waals surface area contributed by atoms with E-state index in [1.54, 1.807) is 37.6 Å². The molecule has 5 nitrogen and oxygen atoms in total. The van der Waals surface area contributed by atoms with Crippen LogP contribution >= 0.6 is 11.6 Å². The molecule has 0 aliphatic heterocycles. The van der Waals surface area contributed by atoms with Crippen molar-refractivity contribution in [2.24, 2.45) is 5.10 Å². The molecule has 0 bridgehead atoms. The maximum absolute atomic E-state index is 11.8. The smallest absolute Gasteiger partial charge is 0.244 e. The molecule has 0 radical (unpaired) electrons. The van der Waals surface area contributed by atoms with Crippen LogP contribution in [0.1, 0.15) is 18.1 Å². The molecule has 24 heavy (non-hydrogen) atoms. The van der Waals surface area contributed by atoms with E-state index in [0.29, 0.717) is 23.1 Å². The molecule has 0 saturated heterocycles. The van der Waals surface area contributed by atoms with Gasteiger partial charge in [-0.05, 0) is 48.4 Å². The Hall–Kier alpha value is -2.53. The molecule has 1 N–H and O–H groups in total. The van der Waals surface area contributed by atoms with Gasteiger partial charge in [-0.1, -0.05) is 23.7 Å². The summed E-state index contributed by atoms with van der Waals surface area (Å²) in [5, 5.41) is 4.60. The normalized spacial score (nSPS) is 10.6. The monoisotopic (exact) mass is 346 g/mol. The van der Waals surface area contributed by atoms with Gasteiger partial charge in [0.1, 0.15) is 0 Å². The number of halogens is 1. The summed E-state index contributed by atoms with van der Waals surface area (Å²) in [6.45, 7) is 2.47. The van der Waals surface area contributed by atoms with Crippen LogP contribution in [0.5, 0.6) is 11.5 Å². The highest BCUT2D eigenvalue weighted by Crippen LogP contribution is 2.27. The molecular weight excluding hydrogens is 328 g/mol. The molecule has 0 spiro atoms. The van der Waals surface area contributed by atoms with Crippen molar-refractivity contribution in [1.29, 1.82) is 0 Å². The third-order valence-corrected chi connectivity index (χ3v) is 3.42. The maximum atomic E-state index is 11.8. The van der Waals surface area contributed by atoms with Gasteiger partial charge in [0.15, 0.2) is 11.5 Å². The molecular formula is C18H19ClN2O3. The summed E-state index contributed by atoms with van der Waals surface area (Å²) in [6.07, 6.45) is 1.79. The minimum atomic E-state index is -0.202. The molecule has 0 aliphatic rings. The van der Waals surface area contributed by atoms with Crippen molar-refractivity contribution in [3.8, 4) is 11.5 Å². The number of hydrazone groups is 1. The predicted octanol–water partition coefficient (Wildman–Crippen LogP) is 3.44. The number of ether oxygens (including phenoxy) is 2. The van der Waals surface area contributed by atoms with Gasteiger partial charge in [-0.15, -0.1) is 0 Å². The van der Waals surface area contributed by atoms with E-state index in [2.05, 4.69) is 10.5 Å². The topological polar surface area (TPSA) is 59.9 Å². The minimum Gasteiger partial charge on any atom is -0.493 e. The van der Waals surface area contributed by atoms with Gasteiger partial charge >= 0.3 is 0 Å². The van der Waals surface area contributed by atoms with Crippen LogP contribution in [-0.2, 0) is 11.2 Å². The van der Waals surface area contributed by atoms with Crippen molar-refractivity contribution >= 4 is 23.7 Å². The van der Waals surface area contributed by atoms with Crippen molar-refractivity contribution in [3.63, 3.8) is 0 Å². The molecule has 6 heteroatoms. The largest absolute Gasteiger partial charge is 0.493 e. The van der Waals surface area contributed by atoms with Gasteiger partial charge in [0, 0.05) is 5.02 Å². The Kier molecular flexibility index (Phi) is 6.63. The maximum Gasteiger partial charge on any atom is 0.244 e. The summed E-state index contributed by atoms with van der Waals surface area (Å²) in [5.74, 6) is 1.09. The van der Waals surface area contributed by atoms with E-state index < -0.39 is 0 Å². The lowest BCUT2D eigenvalue weighted by atomic mass is 10.1. The third kappa shape index (κ3) is 5.28. The molecule has 0 saturated carbocycles. The number of hydrogen-bond acceptors (Lipinski definition) is 4. The SMILES string of the molecule is CCOc1ccc(/C=N\NC(=O)Cc2ccc(Cl)cc2)cc1OC. The first-order chi connectivity index (χ1) is 11.6. The molecule has 0 aromatic heterocycles. The molecule has 1 amide bonds. The lowest BCUT2D eigenvalue weighted by molar-refractivity contribution is -0.120. The van der Waals surface area contributed by atoms with Gasteiger partial charge in [0.2, 0.25) is 5.91 Å². The van der Waals surface area contributed by atoms with Crippen molar-refractivity contribution in [2.75, 3.05) is 13.7 Å². The van der Waals surface area contributed by atoms with E-state index in [9.17, 15) is 4.79 Å². The van der Waals surface area contributed by atoms with Gasteiger partial charge in [0.05, 0.1) is 26.4 Å². The number of methoxy groups -OCH3 is 1. The van der Waals surface area contributed by atoms with Crippen LogP contribution in [0.2, 0.25) is 5.02 Å². The summed E-state index contributed by atoms with van der Waals surface area (Å²) in [7, 11) is 1.58. The number of benzene rings is 2. The highest BCUT2D eigenvalue weighted by atomic mass is 35.5. The van der Waals surface area contributed by atoms with Crippen LogP contribution in [0.3, 0.4) is 0 Å². The number of rotatable bonds is 7. The average molecular weight is 347 g/mol. The van der Waals surface area contributed by atoms with Crippen LogP contribution in [0, 0.1) is 0 Å². The number of nitrogens with one attached hydrogen (secondary N) is 1. The summed E-state index contributed by atoms with van der Waals surface area (Å²) in [5.41, 5.74) is 4.16. The molecule has 0 fully saturated rings. The summed E-state index contributed by atoms with van der Waals surface area (Å²) in [6, 6.07) is 12.5. The zero-order chi connectivity index (χ0) is 17.4. The lowest BCUT2D eigenvalue weighted by Crippen LogP contribution is -2.19. The quantitative estimate of drug-likeness (QED) is 0.617. The summed E-state index contributed by atoms with van der Waals surface area (Å²) >= 11 is 5.81. The van der Waals surface area contributed by atoms with E-state index in [1.165, 1.54) is 0 Å². The number of amides is 1. The number of carbonyl (C=O) groups is 1. The Labute approximate surface area is 146 Å². The second-order valence-electron chi connectivity index (χ2n) is 4.94. The minimum absolute atomic E-state index is 0.202. The highest BCUT2D eigenvalue weighted by Gasteiger charge is 2.05. The van der Waals surface area contributed by atoms with Crippen LogP contribution in [-0.4, -0.2) is 25.8 Å². The number of hydrogen-bond donors (Lipinski definition) is 1. The van der Waals surface area contributed by atoms with E-state index in [0.717, 1.165) is 11.1 Å². The Morgan fingerprint density at radius 2 is 1.96 bits per heavy atom. The average Bonchev–Trinajstić information content (AvgIpc) is 2.58. The Balaban J connectivity index is 1.93. The van der Waals surface area contributed by atoms with Gasteiger partial charge in [-0.25, -0.2) is 5.43 Å². The second-order valence-corrected chi connectivity index (χ2v) is 5.38. The fraction of sp³-hybridized carbons (Fsp3) is 0.222. The van der Waals surface area contributed by atoms with Crippen molar-refractivity contribution in [3.05, 3.63) is 58.6 Å². The molecule has 2 rings (SSSR count). The van der Waals surface area contributed by atoms with Gasteiger partial charge in [-0.3, -0.25) is 4.79 Å². The van der Waals surface area contributed by atoms with E-state index >= 15 is 0 Å². The summed E-state index contributed by atoms with van der Waals surface area (Å²) in [4.78, 5) is 11.8. The molecule has 0 unspecified atom stereocenters. The predicted molar refractivity (Wildman–Crippen MR) is 95.1 cm³/mol. The molecule has 2 aromatic rings. The molecule has 0 aliphatic carbocycles. The standard InChI is InChI=1S/C18H19ClN2O3/c1-3-24-16-9-6-14(10-17(16)23-2)12-20-21-18(22)11-13-4-7-15(19)8-5-13/h4-10,12H,3,11H2,1-2H3,(H,21,22)/b20-12-. The lowest BCUT2D eigenvalue weighted by Gasteiger charge is -2.09. The zero-order valence-electron chi connectivity index (χ0n) is 13.6. The Morgan fingerprint density at radius 3 is 2.62 bits per heavy atom.